The molecule has 1 heterocycles. The first-order valence-electron chi connectivity index (χ1n) is 10.1. The summed E-state index contributed by atoms with van der Waals surface area (Å²) >= 11 is 0. The normalized spacial score (nSPS) is 14.6. The van der Waals surface area contributed by atoms with Crippen molar-refractivity contribution in [3.63, 3.8) is 0 Å². The molecule has 0 atom stereocenters. The molecule has 1 fully saturated rings. The molecule has 3 aromatic rings. The molecule has 0 saturated carbocycles. The standard InChI is InChI=1S/C25H28N2O2/c1-28-23-16-22(17-24(18-23)29-2)27-14-12-26(13-15-27)19-21-10-6-7-11-25(21)20-8-4-3-5-9-20/h3-11,16-18H,12-15,19H2,1-2H3. The maximum Gasteiger partial charge on any atom is 0.124 e. The fourth-order valence-electron chi connectivity index (χ4n) is 3.94. The van der Waals surface area contributed by atoms with Crippen LogP contribution in [-0.4, -0.2) is 45.3 Å². The van der Waals surface area contributed by atoms with Crippen LogP contribution in [0.3, 0.4) is 0 Å². The van der Waals surface area contributed by atoms with Crippen LogP contribution in [0.25, 0.3) is 11.1 Å². The van der Waals surface area contributed by atoms with E-state index < -0.39 is 0 Å². The molecule has 0 aliphatic carbocycles. The first-order valence-corrected chi connectivity index (χ1v) is 10.1. The molecule has 4 nitrogen and oxygen atoms in total. The summed E-state index contributed by atoms with van der Waals surface area (Å²) in [5.74, 6) is 1.66. The molecule has 0 amide bonds. The summed E-state index contributed by atoms with van der Waals surface area (Å²) in [5.41, 5.74) is 5.15. The van der Waals surface area contributed by atoms with Gasteiger partial charge in [-0.3, -0.25) is 4.90 Å². The van der Waals surface area contributed by atoms with Gasteiger partial charge in [-0.25, -0.2) is 0 Å². The minimum absolute atomic E-state index is 0.832. The number of piperazine rings is 1. The first kappa shape index (κ1) is 19.3. The monoisotopic (exact) mass is 388 g/mol. The quantitative estimate of drug-likeness (QED) is 0.611. The van der Waals surface area contributed by atoms with Crippen LogP contribution in [0.2, 0.25) is 0 Å². The van der Waals surface area contributed by atoms with Gasteiger partial charge in [0.05, 0.1) is 14.2 Å². The van der Waals surface area contributed by atoms with E-state index in [-0.39, 0.29) is 0 Å². The van der Waals surface area contributed by atoms with Gasteiger partial charge in [-0.15, -0.1) is 0 Å². The van der Waals surface area contributed by atoms with E-state index in [9.17, 15) is 0 Å². The van der Waals surface area contributed by atoms with Gasteiger partial charge in [-0.05, 0) is 16.7 Å². The third kappa shape index (κ3) is 4.54. The average molecular weight is 389 g/mol. The van der Waals surface area contributed by atoms with Crippen molar-refractivity contribution in [3.05, 3.63) is 78.4 Å². The van der Waals surface area contributed by atoms with Gasteiger partial charge in [0.15, 0.2) is 0 Å². The molecule has 1 aliphatic rings. The molecule has 0 bridgehead atoms. The van der Waals surface area contributed by atoms with Crippen LogP contribution in [0.15, 0.2) is 72.8 Å². The first-order chi connectivity index (χ1) is 14.3. The van der Waals surface area contributed by atoms with Gasteiger partial charge in [0.2, 0.25) is 0 Å². The number of anilines is 1. The number of rotatable bonds is 6. The zero-order valence-electron chi connectivity index (χ0n) is 17.2. The van der Waals surface area contributed by atoms with E-state index >= 15 is 0 Å². The number of nitrogens with zero attached hydrogens (tertiary/aromatic N) is 2. The number of benzene rings is 3. The van der Waals surface area contributed by atoms with E-state index in [2.05, 4.69) is 76.5 Å². The molecule has 4 heteroatoms. The summed E-state index contributed by atoms with van der Waals surface area (Å²) in [6, 6.07) is 25.5. The SMILES string of the molecule is COc1cc(OC)cc(N2CCN(Cc3ccccc3-c3ccccc3)CC2)c1. The highest BCUT2D eigenvalue weighted by atomic mass is 16.5. The summed E-state index contributed by atoms with van der Waals surface area (Å²) < 4.78 is 10.9. The lowest BCUT2D eigenvalue weighted by atomic mass is 9.99. The zero-order chi connectivity index (χ0) is 20.1. The Morgan fingerprint density at radius 3 is 2.00 bits per heavy atom. The number of methoxy groups -OCH3 is 2. The molecular weight excluding hydrogens is 360 g/mol. The van der Waals surface area contributed by atoms with E-state index in [1.165, 1.54) is 16.7 Å². The Hall–Kier alpha value is -2.98. The number of ether oxygens (including phenoxy) is 2. The van der Waals surface area contributed by atoms with Crippen LogP contribution in [0.4, 0.5) is 5.69 Å². The maximum absolute atomic E-state index is 5.43. The highest BCUT2D eigenvalue weighted by Crippen LogP contribution is 2.30. The Balaban J connectivity index is 1.44. The van der Waals surface area contributed by atoms with Crippen molar-refractivity contribution in [1.82, 2.24) is 4.90 Å². The third-order valence-corrected chi connectivity index (χ3v) is 5.57. The lowest BCUT2D eigenvalue weighted by molar-refractivity contribution is 0.250. The molecule has 0 unspecified atom stereocenters. The van der Waals surface area contributed by atoms with Gasteiger partial charge in [-0.2, -0.15) is 0 Å². The molecular formula is C25H28N2O2. The Kier molecular flexibility index (Phi) is 6.01. The fraction of sp³-hybridized carbons (Fsp3) is 0.280. The Labute approximate surface area is 173 Å². The van der Waals surface area contributed by atoms with E-state index in [4.69, 9.17) is 9.47 Å². The molecule has 1 aliphatic heterocycles. The predicted octanol–water partition coefficient (Wildman–Crippen LogP) is 4.69. The summed E-state index contributed by atoms with van der Waals surface area (Å²) in [4.78, 5) is 4.94. The topological polar surface area (TPSA) is 24.9 Å². The molecule has 0 aromatic heterocycles. The number of hydrogen-bond acceptors (Lipinski definition) is 4. The van der Waals surface area contributed by atoms with Crippen molar-refractivity contribution in [3.8, 4) is 22.6 Å². The molecule has 0 radical (unpaired) electrons. The second-order valence-corrected chi connectivity index (χ2v) is 7.36. The minimum Gasteiger partial charge on any atom is -0.497 e. The largest absolute Gasteiger partial charge is 0.497 e. The van der Waals surface area contributed by atoms with Gasteiger partial charge in [0.25, 0.3) is 0 Å². The van der Waals surface area contributed by atoms with Crippen LogP contribution >= 0.6 is 0 Å². The maximum atomic E-state index is 5.43. The van der Waals surface area contributed by atoms with Crippen molar-refractivity contribution in [2.24, 2.45) is 0 Å². The second-order valence-electron chi connectivity index (χ2n) is 7.36. The molecule has 4 rings (SSSR count). The molecule has 0 N–H and O–H groups in total. The van der Waals surface area contributed by atoms with Crippen molar-refractivity contribution in [1.29, 1.82) is 0 Å². The van der Waals surface area contributed by atoms with Crippen molar-refractivity contribution in [2.75, 3.05) is 45.3 Å². The Morgan fingerprint density at radius 1 is 0.724 bits per heavy atom. The molecule has 3 aromatic carbocycles. The van der Waals surface area contributed by atoms with Gasteiger partial charge in [0, 0.05) is 56.6 Å². The highest BCUT2D eigenvalue weighted by Gasteiger charge is 2.19. The molecule has 1 saturated heterocycles. The Bertz CT molecular complexity index is 912. The average Bonchev–Trinajstić information content (AvgIpc) is 2.80. The lowest BCUT2D eigenvalue weighted by Gasteiger charge is -2.36. The Morgan fingerprint density at radius 2 is 1.34 bits per heavy atom. The van der Waals surface area contributed by atoms with Crippen molar-refractivity contribution >= 4 is 5.69 Å². The van der Waals surface area contributed by atoms with E-state index in [1.807, 2.05) is 6.07 Å². The van der Waals surface area contributed by atoms with Gasteiger partial charge < -0.3 is 14.4 Å². The van der Waals surface area contributed by atoms with Crippen molar-refractivity contribution in [2.45, 2.75) is 6.54 Å². The fourth-order valence-corrected chi connectivity index (χ4v) is 3.94. The molecule has 0 spiro atoms. The van der Waals surface area contributed by atoms with Gasteiger partial charge in [-0.1, -0.05) is 54.6 Å². The van der Waals surface area contributed by atoms with E-state index in [0.717, 1.165) is 49.9 Å². The smallest absolute Gasteiger partial charge is 0.124 e. The van der Waals surface area contributed by atoms with Crippen LogP contribution in [0.5, 0.6) is 11.5 Å². The second kappa shape index (κ2) is 9.01. The van der Waals surface area contributed by atoms with Gasteiger partial charge >= 0.3 is 0 Å². The van der Waals surface area contributed by atoms with Crippen LogP contribution in [-0.2, 0) is 6.54 Å². The lowest BCUT2D eigenvalue weighted by Crippen LogP contribution is -2.46. The van der Waals surface area contributed by atoms with E-state index in [0.29, 0.717) is 0 Å². The molecule has 29 heavy (non-hydrogen) atoms. The zero-order valence-corrected chi connectivity index (χ0v) is 17.2. The highest BCUT2D eigenvalue weighted by molar-refractivity contribution is 5.67. The summed E-state index contributed by atoms with van der Waals surface area (Å²) in [7, 11) is 3.39. The minimum atomic E-state index is 0.832. The summed E-state index contributed by atoms with van der Waals surface area (Å²) in [6.07, 6.45) is 0. The number of hydrogen-bond donors (Lipinski definition) is 0. The van der Waals surface area contributed by atoms with E-state index in [1.54, 1.807) is 14.2 Å². The van der Waals surface area contributed by atoms with Crippen molar-refractivity contribution < 1.29 is 9.47 Å². The predicted molar refractivity (Wildman–Crippen MR) is 119 cm³/mol. The molecule has 150 valence electrons. The van der Waals surface area contributed by atoms with Crippen LogP contribution in [0.1, 0.15) is 5.56 Å². The van der Waals surface area contributed by atoms with Gasteiger partial charge in [0.1, 0.15) is 11.5 Å². The summed E-state index contributed by atoms with van der Waals surface area (Å²) in [6.45, 7) is 5.01. The van der Waals surface area contributed by atoms with Crippen LogP contribution in [0, 0.1) is 0 Å². The summed E-state index contributed by atoms with van der Waals surface area (Å²) in [5, 5.41) is 0. The van der Waals surface area contributed by atoms with Crippen LogP contribution < -0.4 is 14.4 Å². The third-order valence-electron chi connectivity index (χ3n) is 5.57.